The summed E-state index contributed by atoms with van der Waals surface area (Å²) in [4.78, 5) is 2.61. The predicted molar refractivity (Wildman–Crippen MR) is 38.3 cm³/mol. The lowest BCUT2D eigenvalue weighted by molar-refractivity contribution is 0.295. The largest absolute Gasteiger partial charge is 0.303 e. The molecule has 2 saturated heterocycles. The fraction of sp³-hybridized carbons (Fsp3) is 1.00. The molecule has 1 heteroatoms. The molecule has 0 aromatic rings. The van der Waals surface area contributed by atoms with E-state index in [0.717, 1.165) is 11.8 Å². The highest BCUT2D eigenvalue weighted by Gasteiger charge is 2.36. The van der Waals surface area contributed by atoms with Crippen molar-refractivity contribution >= 4 is 0 Å². The van der Waals surface area contributed by atoms with Crippen molar-refractivity contribution in [3.8, 4) is 0 Å². The summed E-state index contributed by atoms with van der Waals surface area (Å²) in [6, 6.07) is 0. The van der Waals surface area contributed by atoms with Gasteiger partial charge in [-0.2, -0.15) is 0 Å². The minimum absolute atomic E-state index is 1.05. The van der Waals surface area contributed by atoms with Crippen LogP contribution in [-0.4, -0.2) is 24.5 Å². The molecule has 0 spiro atoms. The number of rotatable bonds is 1. The molecule has 1 nitrogen and oxygen atoms in total. The van der Waals surface area contributed by atoms with Gasteiger partial charge in [0.1, 0.15) is 0 Å². The van der Waals surface area contributed by atoms with Crippen LogP contribution in [0.25, 0.3) is 0 Å². The van der Waals surface area contributed by atoms with Gasteiger partial charge in [-0.05, 0) is 24.8 Å². The van der Waals surface area contributed by atoms with Gasteiger partial charge in [-0.3, -0.25) is 0 Å². The SMILES string of the molecule is CC[C@@H]1CN2CCC1C2. The predicted octanol–water partition coefficient (Wildman–Crippen LogP) is 1.35. The van der Waals surface area contributed by atoms with Gasteiger partial charge < -0.3 is 4.90 Å². The van der Waals surface area contributed by atoms with Gasteiger partial charge in [0.2, 0.25) is 0 Å². The quantitative estimate of drug-likeness (QED) is 0.511. The van der Waals surface area contributed by atoms with Crippen molar-refractivity contribution in [2.45, 2.75) is 19.8 Å². The minimum atomic E-state index is 1.05. The van der Waals surface area contributed by atoms with Gasteiger partial charge in [-0.1, -0.05) is 13.3 Å². The molecule has 0 aliphatic carbocycles. The Morgan fingerprint density at radius 1 is 1.44 bits per heavy atom. The van der Waals surface area contributed by atoms with E-state index in [1.54, 1.807) is 0 Å². The highest BCUT2D eigenvalue weighted by molar-refractivity contribution is 4.89. The molecule has 0 aromatic carbocycles. The number of hydrogen-bond acceptors (Lipinski definition) is 1. The number of piperidine rings is 1. The Hall–Kier alpha value is -0.0400. The molecule has 2 bridgehead atoms. The van der Waals surface area contributed by atoms with Crippen molar-refractivity contribution in [2.24, 2.45) is 11.8 Å². The van der Waals surface area contributed by atoms with Crippen molar-refractivity contribution in [3.63, 3.8) is 0 Å². The van der Waals surface area contributed by atoms with Gasteiger partial charge in [0, 0.05) is 13.1 Å². The van der Waals surface area contributed by atoms with E-state index in [1.807, 2.05) is 0 Å². The Morgan fingerprint density at radius 3 is 2.67 bits per heavy atom. The second-order valence-corrected chi connectivity index (χ2v) is 3.48. The number of nitrogens with zero attached hydrogens (tertiary/aromatic N) is 1. The maximum atomic E-state index is 2.61. The fourth-order valence-corrected chi connectivity index (χ4v) is 2.36. The smallest absolute Gasteiger partial charge is 0.00134 e. The molecule has 2 unspecified atom stereocenters. The molecular formula is C8H15N. The van der Waals surface area contributed by atoms with E-state index in [2.05, 4.69) is 11.8 Å². The van der Waals surface area contributed by atoms with Gasteiger partial charge in [-0.25, -0.2) is 0 Å². The normalized spacial score (nSPS) is 48.3. The summed E-state index contributed by atoms with van der Waals surface area (Å²) in [5, 5.41) is 0. The Kier molecular flexibility index (Phi) is 1.26. The third-order valence-electron chi connectivity index (χ3n) is 2.99. The van der Waals surface area contributed by atoms with E-state index in [9.17, 15) is 0 Å². The lowest BCUT2D eigenvalue weighted by Gasteiger charge is -2.19. The Morgan fingerprint density at radius 2 is 2.33 bits per heavy atom. The summed E-state index contributed by atoms with van der Waals surface area (Å²) in [6.07, 6.45) is 2.89. The van der Waals surface area contributed by atoms with E-state index in [4.69, 9.17) is 0 Å². The van der Waals surface area contributed by atoms with Crippen molar-refractivity contribution in [2.75, 3.05) is 19.6 Å². The van der Waals surface area contributed by atoms with Gasteiger partial charge in [0.25, 0.3) is 0 Å². The molecule has 3 atom stereocenters. The molecule has 2 rings (SSSR count). The zero-order valence-electron chi connectivity index (χ0n) is 6.14. The average Bonchev–Trinajstić information content (AvgIpc) is 2.45. The summed E-state index contributed by atoms with van der Waals surface area (Å²) < 4.78 is 0. The second-order valence-electron chi connectivity index (χ2n) is 3.48. The first-order valence-electron chi connectivity index (χ1n) is 4.12. The van der Waals surface area contributed by atoms with Crippen LogP contribution in [0.5, 0.6) is 0 Å². The van der Waals surface area contributed by atoms with Crippen molar-refractivity contribution in [3.05, 3.63) is 0 Å². The molecule has 0 aromatic heterocycles. The summed E-state index contributed by atoms with van der Waals surface area (Å²) in [7, 11) is 0. The lowest BCUT2D eigenvalue weighted by atomic mass is 9.91. The highest BCUT2D eigenvalue weighted by atomic mass is 15.2. The molecule has 9 heavy (non-hydrogen) atoms. The summed E-state index contributed by atoms with van der Waals surface area (Å²) >= 11 is 0. The van der Waals surface area contributed by atoms with Crippen LogP contribution < -0.4 is 0 Å². The van der Waals surface area contributed by atoms with Crippen LogP contribution in [0.1, 0.15) is 19.8 Å². The second kappa shape index (κ2) is 1.98. The monoisotopic (exact) mass is 125 g/mol. The molecule has 52 valence electrons. The standard InChI is InChI=1S/C8H15N/c1-2-7-5-9-4-3-8(7)6-9/h7-8H,2-6H2,1H3/t7-,8?/m1/s1. The van der Waals surface area contributed by atoms with E-state index in [1.165, 1.54) is 32.5 Å². The fourth-order valence-electron chi connectivity index (χ4n) is 2.36. The van der Waals surface area contributed by atoms with Crippen LogP contribution in [0.4, 0.5) is 0 Å². The van der Waals surface area contributed by atoms with E-state index in [0.29, 0.717) is 0 Å². The molecule has 0 amide bonds. The Labute approximate surface area is 57.0 Å². The third kappa shape index (κ3) is 0.787. The molecule has 0 saturated carbocycles. The first-order chi connectivity index (χ1) is 4.40. The first kappa shape index (κ1) is 5.72. The van der Waals surface area contributed by atoms with E-state index >= 15 is 0 Å². The molecular weight excluding hydrogens is 110 g/mol. The molecule has 2 fully saturated rings. The van der Waals surface area contributed by atoms with E-state index < -0.39 is 0 Å². The maximum absolute atomic E-state index is 2.61. The zero-order valence-corrected chi connectivity index (χ0v) is 6.14. The van der Waals surface area contributed by atoms with Crippen LogP contribution in [0.3, 0.4) is 0 Å². The summed E-state index contributed by atoms with van der Waals surface area (Å²) in [5.41, 5.74) is 0. The highest BCUT2D eigenvalue weighted by Crippen LogP contribution is 2.34. The van der Waals surface area contributed by atoms with Gasteiger partial charge in [0.05, 0.1) is 0 Å². The minimum Gasteiger partial charge on any atom is -0.303 e. The van der Waals surface area contributed by atoms with Crippen LogP contribution in [-0.2, 0) is 0 Å². The van der Waals surface area contributed by atoms with Crippen LogP contribution >= 0.6 is 0 Å². The van der Waals surface area contributed by atoms with Crippen LogP contribution in [0.2, 0.25) is 0 Å². The Bertz CT molecular complexity index is 111. The molecule has 0 radical (unpaired) electrons. The van der Waals surface area contributed by atoms with Crippen LogP contribution in [0, 0.1) is 11.8 Å². The van der Waals surface area contributed by atoms with Crippen molar-refractivity contribution in [1.82, 2.24) is 4.90 Å². The van der Waals surface area contributed by atoms with Gasteiger partial charge >= 0.3 is 0 Å². The van der Waals surface area contributed by atoms with Crippen LogP contribution in [0.15, 0.2) is 0 Å². The maximum Gasteiger partial charge on any atom is 0.00134 e. The molecule has 2 aliphatic heterocycles. The van der Waals surface area contributed by atoms with Crippen molar-refractivity contribution < 1.29 is 0 Å². The summed E-state index contributed by atoms with van der Waals surface area (Å²) in [6.45, 7) is 6.54. The molecule has 0 N–H and O–H groups in total. The van der Waals surface area contributed by atoms with Gasteiger partial charge in [0.15, 0.2) is 0 Å². The van der Waals surface area contributed by atoms with Gasteiger partial charge in [-0.15, -0.1) is 0 Å². The number of hydrogen-bond donors (Lipinski definition) is 0. The lowest BCUT2D eigenvalue weighted by Crippen LogP contribution is -2.22. The topological polar surface area (TPSA) is 3.24 Å². The molecule has 2 heterocycles. The summed E-state index contributed by atoms with van der Waals surface area (Å²) in [5.74, 6) is 2.13. The van der Waals surface area contributed by atoms with E-state index in [-0.39, 0.29) is 0 Å². The average molecular weight is 125 g/mol. The zero-order chi connectivity index (χ0) is 6.27. The molecule has 2 aliphatic rings. The first-order valence-corrected chi connectivity index (χ1v) is 4.12. The Balaban J connectivity index is 2.01. The van der Waals surface area contributed by atoms with Crippen molar-refractivity contribution in [1.29, 1.82) is 0 Å². The third-order valence-corrected chi connectivity index (χ3v) is 2.99. The number of fused-ring (bicyclic) bond motifs is 2.